The Kier molecular flexibility index (Phi) is 6.00. The lowest BCUT2D eigenvalue weighted by Crippen LogP contribution is -2.06. The molecule has 3 nitrogen and oxygen atoms in total. The lowest BCUT2D eigenvalue weighted by Gasteiger charge is -2.12. The van der Waals surface area contributed by atoms with Crippen LogP contribution in [0.3, 0.4) is 0 Å². The second kappa shape index (κ2) is 8.81. The number of hydrogen-bond donors (Lipinski definition) is 1. The van der Waals surface area contributed by atoms with Crippen LogP contribution in [0.2, 0.25) is 0 Å². The van der Waals surface area contributed by atoms with E-state index in [9.17, 15) is 9.18 Å². The van der Waals surface area contributed by atoms with Crippen molar-refractivity contribution in [1.29, 1.82) is 0 Å². The van der Waals surface area contributed by atoms with Gasteiger partial charge in [0.2, 0.25) is 0 Å². The lowest BCUT2D eigenvalue weighted by molar-refractivity contribution is 0.0602. The van der Waals surface area contributed by atoms with Gasteiger partial charge in [0.25, 0.3) is 0 Å². The van der Waals surface area contributed by atoms with Gasteiger partial charge in [-0.3, -0.25) is 0 Å². The number of hydrogen-bond acceptors (Lipinski definition) is 3. The zero-order chi connectivity index (χ0) is 19.1. The Labute approximate surface area is 158 Å². The first-order valence-electron chi connectivity index (χ1n) is 8.61. The van der Waals surface area contributed by atoms with E-state index in [1.165, 1.54) is 24.8 Å². The van der Waals surface area contributed by atoms with E-state index < -0.39 is 5.97 Å². The van der Waals surface area contributed by atoms with E-state index in [-0.39, 0.29) is 5.82 Å². The Morgan fingerprint density at radius 1 is 1.04 bits per heavy atom. The van der Waals surface area contributed by atoms with Crippen molar-refractivity contribution in [3.05, 3.63) is 101 Å². The summed E-state index contributed by atoms with van der Waals surface area (Å²) < 4.78 is 18.0. The van der Waals surface area contributed by atoms with Crippen LogP contribution in [0.15, 0.2) is 78.9 Å². The highest BCUT2D eigenvalue weighted by Gasteiger charge is 2.12. The zero-order valence-electron chi connectivity index (χ0n) is 15.0. The molecule has 0 heterocycles. The Balaban J connectivity index is 1.83. The van der Waals surface area contributed by atoms with E-state index in [4.69, 9.17) is 4.74 Å². The SMILES string of the molecule is COC(=O)c1ccc(C=CCc2ccccc2)cc1Nc1ccc(F)cc1. The normalized spacial score (nSPS) is 10.7. The molecule has 136 valence electrons. The number of anilines is 2. The molecule has 0 aromatic heterocycles. The predicted octanol–water partition coefficient (Wildman–Crippen LogP) is 5.61. The molecule has 0 aliphatic carbocycles. The molecule has 1 N–H and O–H groups in total. The molecule has 4 heteroatoms. The summed E-state index contributed by atoms with van der Waals surface area (Å²) in [6.45, 7) is 0. The van der Waals surface area contributed by atoms with E-state index >= 15 is 0 Å². The van der Waals surface area contributed by atoms with Crippen LogP contribution in [-0.4, -0.2) is 13.1 Å². The number of allylic oxidation sites excluding steroid dienone is 1. The van der Waals surface area contributed by atoms with Crippen molar-refractivity contribution in [3.63, 3.8) is 0 Å². The quantitative estimate of drug-likeness (QED) is 0.580. The van der Waals surface area contributed by atoms with Crippen LogP contribution in [0.4, 0.5) is 15.8 Å². The van der Waals surface area contributed by atoms with Crippen molar-refractivity contribution in [1.82, 2.24) is 0 Å². The van der Waals surface area contributed by atoms with E-state index in [2.05, 4.69) is 23.5 Å². The first-order valence-corrected chi connectivity index (χ1v) is 8.61. The molecule has 0 aliphatic heterocycles. The van der Waals surface area contributed by atoms with Crippen LogP contribution < -0.4 is 5.32 Å². The minimum absolute atomic E-state index is 0.314. The van der Waals surface area contributed by atoms with E-state index in [1.54, 1.807) is 18.2 Å². The van der Waals surface area contributed by atoms with Crippen LogP contribution in [0.1, 0.15) is 21.5 Å². The zero-order valence-corrected chi connectivity index (χ0v) is 15.0. The van der Waals surface area contributed by atoms with Gasteiger partial charge in [-0.2, -0.15) is 0 Å². The molecule has 3 rings (SSSR count). The van der Waals surface area contributed by atoms with Crippen LogP contribution in [-0.2, 0) is 11.2 Å². The van der Waals surface area contributed by atoms with Gasteiger partial charge in [0.1, 0.15) is 5.82 Å². The second-order valence-corrected chi connectivity index (χ2v) is 6.02. The first-order chi connectivity index (χ1) is 13.2. The molecule has 0 radical (unpaired) electrons. The Morgan fingerprint density at radius 3 is 2.48 bits per heavy atom. The van der Waals surface area contributed by atoms with Gasteiger partial charge in [0.05, 0.1) is 18.4 Å². The highest BCUT2D eigenvalue weighted by molar-refractivity contribution is 5.97. The molecule has 3 aromatic carbocycles. The molecule has 3 aromatic rings. The van der Waals surface area contributed by atoms with Crippen LogP contribution >= 0.6 is 0 Å². The van der Waals surface area contributed by atoms with Crippen LogP contribution in [0, 0.1) is 5.82 Å². The van der Waals surface area contributed by atoms with Crippen molar-refractivity contribution in [2.24, 2.45) is 0 Å². The lowest BCUT2D eigenvalue weighted by atomic mass is 10.1. The van der Waals surface area contributed by atoms with Gasteiger partial charge in [0.15, 0.2) is 0 Å². The number of nitrogens with one attached hydrogen (secondary N) is 1. The smallest absolute Gasteiger partial charge is 0.339 e. The Morgan fingerprint density at radius 2 is 1.78 bits per heavy atom. The maximum atomic E-state index is 13.1. The largest absolute Gasteiger partial charge is 0.465 e. The fourth-order valence-corrected chi connectivity index (χ4v) is 2.69. The van der Waals surface area contributed by atoms with Crippen molar-refractivity contribution < 1.29 is 13.9 Å². The van der Waals surface area contributed by atoms with Crippen LogP contribution in [0.5, 0.6) is 0 Å². The van der Waals surface area contributed by atoms with Crippen molar-refractivity contribution in [2.45, 2.75) is 6.42 Å². The number of esters is 1. The summed E-state index contributed by atoms with van der Waals surface area (Å²) in [6, 6.07) is 21.6. The van der Waals surface area contributed by atoms with Crippen molar-refractivity contribution in [2.75, 3.05) is 12.4 Å². The number of rotatable bonds is 6. The maximum absolute atomic E-state index is 13.1. The summed E-state index contributed by atoms with van der Waals surface area (Å²) in [7, 11) is 1.34. The van der Waals surface area contributed by atoms with Gasteiger partial charge in [-0.1, -0.05) is 48.6 Å². The first kappa shape index (κ1) is 18.4. The summed E-state index contributed by atoms with van der Waals surface area (Å²) in [5.41, 5.74) is 3.89. The predicted molar refractivity (Wildman–Crippen MR) is 107 cm³/mol. The second-order valence-electron chi connectivity index (χ2n) is 6.02. The standard InChI is InChI=1S/C23H20FNO2/c1-27-23(26)21-15-10-18(9-5-8-17-6-3-2-4-7-17)16-22(21)25-20-13-11-19(24)12-14-20/h2-7,9-16,25H,8H2,1H3. The molecule has 0 saturated carbocycles. The van der Waals surface area contributed by atoms with E-state index in [0.29, 0.717) is 16.9 Å². The third-order valence-corrected chi connectivity index (χ3v) is 4.08. The van der Waals surface area contributed by atoms with E-state index in [1.807, 2.05) is 36.4 Å². The molecule has 0 atom stereocenters. The van der Waals surface area contributed by atoms with Gasteiger partial charge in [-0.05, 0) is 53.9 Å². The third-order valence-electron chi connectivity index (χ3n) is 4.08. The van der Waals surface area contributed by atoms with Gasteiger partial charge in [0, 0.05) is 5.69 Å². The van der Waals surface area contributed by atoms with Gasteiger partial charge in [-0.25, -0.2) is 9.18 Å². The van der Waals surface area contributed by atoms with Gasteiger partial charge >= 0.3 is 5.97 Å². The highest BCUT2D eigenvalue weighted by atomic mass is 19.1. The fraction of sp³-hybridized carbons (Fsp3) is 0.0870. The average molecular weight is 361 g/mol. The molecule has 27 heavy (non-hydrogen) atoms. The molecule has 0 bridgehead atoms. The van der Waals surface area contributed by atoms with Crippen LogP contribution in [0.25, 0.3) is 6.08 Å². The Hall–Kier alpha value is -3.40. The molecule has 0 saturated heterocycles. The summed E-state index contributed by atoms with van der Waals surface area (Å²) in [6.07, 6.45) is 4.90. The molecule has 0 aliphatic rings. The number of halogens is 1. The molecule has 0 fully saturated rings. The van der Waals surface area contributed by atoms with Gasteiger partial charge < -0.3 is 10.1 Å². The number of carbonyl (C=O) groups is 1. The molecule has 0 spiro atoms. The van der Waals surface area contributed by atoms with E-state index in [0.717, 1.165) is 12.0 Å². The number of benzene rings is 3. The number of methoxy groups -OCH3 is 1. The van der Waals surface area contributed by atoms with Crippen molar-refractivity contribution >= 4 is 23.4 Å². The monoisotopic (exact) mass is 361 g/mol. The Bertz CT molecular complexity index is 934. The maximum Gasteiger partial charge on any atom is 0.339 e. The van der Waals surface area contributed by atoms with Crippen molar-refractivity contribution in [3.8, 4) is 0 Å². The highest BCUT2D eigenvalue weighted by Crippen LogP contribution is 2.24. The summed E-state index contributed by atoms with van der Waals surface area (Å²) >= 11 is 0. The van der Waals surface area contributed by atoms with Gasteiger partial charge in [-0.15, -0.1) is 0 Å². The number of ether oxygens (including phenoxy) is 1. The molecular formula is C23H20FNO2. The minimum atomic E-state index is -0.431. The average Bonchev–Trinajstić information content (AvgIpc) is 2.70. The molecular weight excluding hydrogens is 341 g/mol. The minimum Gasteiger partial charge on any atom is -0.465 e. The number of carbonyl (C=O) groups excluding carboxylic acids is 1. The summed E-state index contributed by atoms with van der Waals surface area (Å²) in [5, 5.41) is 3.16. The summed E-state index contributed by atoms with van der Waals surface area (Å²) in [5.74, 6) is -0.745. The topological polar surface area (TPSA) is 38.3 Å². The molecule has 0 amide bonds. The third kappa shape index (κ3) is 5.05. The molecule has 0 unspecified atom stereocenters. The summed E-state index contributed by atoms with van der Waals surface area (Å²) in [4.78, 5) is 12.0. The fourth-order valence-electron chi connectivity index (χ4n) is 2.69.